The molecule has 0 aliphatic heterocycles. The molecule has 0 rings (SSSR count). The fourth-order valence-corrected chi connectivity index (χ4v) is 0.504. The zero-order valence-corrected chi connectivity index (χ0v) is 7.00. The van der Waals surface area contributed by atoms with E-state index in [-0.39, 0.29) is 0 Å². The molecule has 0 saturated heterocycles. The maximum absolute atomic E-state index is 10.8. The summed E-state index contributed by atoms with van der Waals surface area (Å²) in [5.41, 5.74) is 0. The summed E-state index contributed by atoms with van der Waals surface area (Å²) in [4.78, 5) is 20.9. The Labute approximate surface area is 66.7 Å². The number of unbranched alkanes of at least 4 members (excludes halogenated alkanes) is 1. The fraction of sp³-hybridized carbons (Fsp3) is 0.750. The van der Waals surface area contributed by atoms with Crippen molar-refractivity contribution in [3.8, 4) is 0 Å². The van der Waals surface area contributed by atoms with Gasteiger partial charge in [-0.3, -0.25) is 4.79 Å². The summed E-state index contributed by atoms with van der Waals surface area (Å²) in [6, 6.07) is 0. The fourth-order valence-electron chi connectivity index (χ4n) is 0.504. The lowest BCUT2D eigenvalue weighted by atomic mass is 10.2. The highest BCUT2D eigenvalue weighted by atomic mass is 16.5. The van der Waals surface area contributed by atoms with Gasteiger partial charge < -0.3 is 9.53 Å². The molecule has 0 aromatic heterocycles. The smallest absolute Gasteiger partial charge is 0.315 e. The van der Waals surface area contributed by atoms with Gasteiger partial charge in [0.2, 0.25) is 0 Å². The third kappa shape index (κ3) is 4.53. The second-order valence-electron chi connectivity index (χ2n) is 2.45. The Balaban J connectivity index is 3.44. The Morgan fingerprint density at radius 2 is 2.27 bits per heavy atom. The van der Waals surface area contributed by atoms with Crippen LogP contribution >= 0.6 is 0 Å². The van der Waals surface area contributed by atoms with Crippen LogP contribution in [0.5, 0.6) is 0 Å². The van der Waals surface area contributed by atoms with Gasteiger partial charge >= 0.3 is 5.97 Å². The van der Waals surface area contributed by atoms with E-state index >= 15 is 0 Å². The summed E-state index contributed by atoms with van der Waals surface area (Å²) >= 11 is 0. The third-order valence-corrected chi connectivity index (χ3v) is 1.32. The number of ether oxygens (including phenoxy) is 1. The van der Waals surface area contributed by atoms with Crippen molar-refractivity contribution in [1.29, 1.82) is 0 Å². The van der Waals surface area contributed by atoms with Gasteiger partial charge in [0.1, 0.15) is 12.2 Å². The molecule has 11 heavy (non-hydrogen) atoms. The summed E-state index contributed by atoms with van der Waals surface area (Å²) in [5, 5.41) is 0. The molecule has 0 aliphatic carbocycles. The van der Waals surface area contributed by atoms with Crippen molar-refractivity contribution < 1.29 is 14.3 Å². The minimum absolute atomic E-state index is 0.423. The Kier molecular flexibility index (Phi) is 5.43. The Morgan fingerprint density at radius 1 is 1.64 bits per heavy atom. The third-order valence-electron chi connectivity index (χ3n) is 1.32. The SMILES string of the molecule is CCCCOC(=O)C(C)C=O. The van der Waals surface area contributed by atoms with E-state index in [4.69, 9.17) is 4.74 Å². The second-order valence-corrected chi connectivity index (χ2v) is 2.45. The normalized spacial score (nSPS) is 12.2. The van der Waals surface area contributed by atoms with Gasteiger partial charge in [-0.2, -0.15) is 0 Å². The summed E-state index contributed by atoms with van der Waals surface area (Å²) in [5.74, 6) is -1.04. The van der Waals surface area contributed by atoms with Crippen LogP contribution in [0, 0.1) is 5.92 Å². The summed E-state index contributed by atoms with van der Waals surface area (Å²) in [7, 11) is 0. The standard InChI is InChI=1S/C8H14O3/c1-3-4-5-11-8(10)7(2)6-9/h6-7H,3-5H2,1-2H3. The Hall–Kier alpha value is -0.860. The molecule has 3 nitrogen and oxygen atoms in total. The minimum atomic E-state index is -0.619. The molecule has 0 aliphatic rings. The monoisotopic (exact) mass is 158 g/mol. The van der Waals surface area contributed by atoms with E-state index < -0.39 is 11.9 Å². The van der Waals surface area contributed by atoms with Crippen molar-refractivity contribution in [2.45, 2.75) is 26.7 Å². The highest BCUT2D eigenvalue weighted by Crippen LogP contribution is 1.95. The number of carbonyl (C=O) groups is 2. The topological polar surface area (TPSA) is 43.4 Å². The van der Waals surface area contributed by atoms with Crippen LogP contribution in [0.3, 0.4) is 0 Å². The van der Waals surface area contributed by atoms with Gasteiger partial charge in [0.15, 0.2) is 0 Å². The average Bonchev–Trinajstić information content (AvgIpc) is 2.03. The van der Waals surface area contributed by atoms with Gasteiger partial charge in [-0.25, -0.2) is 0 Å². The molecule has 64 valence electrons. The lowest BCUT2D eigenvalue weighted by Crippen LogP contribution is -2.16. The van der Waals surface area contributed by atoms with Gasteiger partial charge in [-0.1, -0.05) is 13.3 Å². The Morgan fingerprint density at radius 3 is 2.73 bits per heavy atom. The van der Waals surface area contributed by atoms with Crippen LogP contribution in [0.2, 0.25) is 0 Å². The molecule has 0 amide bonds. The predicted octanol–water partition coefficient (Wildman–Crippen LogP) is 1.16. The molecule has 0 fully saturated rings. The van der Waals surface area contributed by atoms with Gasteiger partial charge in [0, 0.05) is 0 Å². The lowest BCUT2D eigenvalue weighted by Gasteiger charge is -2.04. The molecule has 3 heteroatoms. The van der Waals surface area contributed by atoms with E-state index in [1.165, 1.54) is 6.92 Å². The van der Waals surface area contributed by atoms with Crippen molar-refractivity contribution in [1.82, 2.24) is 0 Å². The highest BCUT2D eigenvalue weighted by molar-refractivity contribution is 5.87. The summed E-state index contributed by atoms with van der Waals surface area (Å²) < 4.78 is 4.76. The lowest BCUT2D eigenvalue weighted by molar-refractivity contribution is -0.149. The molecule has 0 bridgehead atoms. The van der Waals surface area contributed by atoms with E-state index in [1.807, 2.05) is 6.92 Å². The maximum atomic E-state index is 10.8. The first kappa shape index (κ1) is 10.1. The molecular weight excluding hydrogens is 144 g/mol. The molecule has 1 unspecified atom stereocenters. The second kappa shape index (κ2) is 5.89. The molecule has 1 atom stereocenters. The van der Waals surface area contributed by atoms with Crippen LogP contribution < -0.4 is 0 Å². The minimum Gasteiger partial charge on any atom is -0.465 e. The van der Waals surface area contributed by atoms with Crippen LogP contribution in [-0.4, -0.2) is 18.9 Å². The maximum Gasteiger partial charge on any atom is 0.315 e. The van der Waals surface area contributed by atoms with Crippen LogP contribution in [0.15, 0.2) is 0 Å². The first-order valence-electron chi connectivity index (χ1n) is 3.84. The van der Waals surface area contributed by atoms with E-state index in [2.05, 4.69) is 0 Å². The van der Waals surface area contributed by atoms with E-state index in [1.54, 1.807) is 0 Å². The van der Waals surface area contributed by atoms with Crippen LogP contribution in [0.25, 0.3) is 0 Å². The first-order valence-corrected chi connectivity index (χ1v) is 3.84. The quantitative estimate of drug-likeness (QED) is 0.261. The van der Waals surface area contributed by atoms with Crippen molar-refractivity contribution >= 4 is 12.3 Å². The van der Waals surface area contributed by atoms with Crippen LogP contribution in [0.1, 0.15) is 26.7 Å². The molecular formula is C8H14O3. The number of hydrogen-bond donors (Lipinski definition) is 0. The van der Waals surface area contributed by atoms with E-state index in [9.17, 15) is 9.59 Å². The highest BCUT2D eigenvalue weighted by Gasteiger charge is 2.11. The van der Waals surface area contributed by atoms with E-state index in [0.717, 1.165) is 12.8 Å². The number of aldehydes is 1. The predicted molar refractivity (Wildman–Crippen MR) is 41.1 cm³/mol. The summed E-state index contributed by atoms with van der Waals surface area (Å²) in [6.07, 6.45) is 2.44. The van der Waals surface area contributed by atoms with Crippen LogP contribution in [-0.2, 0) is 14.3 Å². The molecule has 0 aromatic carbocycles. The zero-order valence-electron chi connectivity index (χ0n) is 7.00. The number of carbonyl (C=O) groups excluding carboxylic acids is 2. The van der Waals surface area contributed by atoms with Crippen molar-refractivity contribution in [3.05, 3.63) is 0 Å². The van der Waals surface area contributed by atoms with Gasteiger partial charge in [-0.15, -0.1) is 0 Å². The van der Waals surface area contributed by atoms with Crippen LogP contribution in [0.4, 0.5) is 0 Å². The van der Waals surface area contributed by atoms with Crippen molar-refractivity contribution in [3.63, 3.8) is 0 Å². The summed E-state index contributed by atoms with van der Waals surface area (Å²) in [6.45, 7) is 3.96. The largest absolute Gasteiger partial charge is 0.465 e. The van der Waals surface area contributed by atoms with Gasteiger partial charge in [0.05, 0.1) is 6.61 Å². The average molecular weight is 158 g/mol. The molecule has 0 radical (unpaired) electrons. The molecule has 0 saturated carbocycles. The van der Waals surface area contributed by atoms with Crippen molar-refractivity contribution in [2.75, 3.05) is 6.61 Å². The number of esters is 1. The molecule has 0 N–H and O–H groups in total. The molecule has 0 aromatic rings. The van der Waals surface area contributed by atoms with E-state index in [0.29, 0.717) is 12.9 Å². The Bertz CT molecular complexity index is 131. The first-order chi connectivity index (χ1) is 5.22. The van der Waals surface area contributed by atoms with Crippen molar-refractivity contribution in [2.24, 2.45) is 5.92 Å². The zero-order chi connectivity index (χ0) is 8.69. The van der Waals surface area contributed by atoms with Gasteiger partial charge in [0.25, 0.3) is 0 Å². The number of rotatable bonds is 5. The number of hydrogen-bond acceptors (Lipinski definition) is 3. The van der Waals surface area contributed by atoms with Gasteiger partial charge in [-0.05, 0) is 13.3 Å². The molecule has 0 spiro atoms. The molecule has 0 heterocycles.